The predicted octanol–water partition coefficient (Wildman–Crippen LogP) is -1.15. The highest BCUT2D eigenvalue weighted by Crippen LogP contribution is 1.91. The Morgan fingerprint density at radius 1 is 1.79 bits per heavy atom. The molecule has 0 spiro atoms. The van der Waals surface area contributed by atoms with Gasteiger partial charge in [0.25, 0.3) is 0 Å². The maximum atomic E-state index is 10.7. The van der Waals surface area contributed by atoms with Crippen molar-refractivity contribution in [3.05, 3.63) is 18.0 Å². The molecule has 0 aliphatic heterocycles. The quantitative estimate of drug-likeness (QED) is 0.581. The molecule has 1 heterocycles. The summed E-state index contributed by atoms with van der Waals surface area (Å²) in [5.41, 5.74) is 5.92. The van der Waals surface area contributed by atoms with Crippen molar-refractivity contribution < 1.29 is 4.79 Å². The number of carbonyl (C=O) groups excluding carboxylic acids is 1. The van der Waals surface area contributed by atoms with Gasteiger partial charge in [0.2, 0.25) is 5.91 Å². The lowest BCUT2D eigenvalue weighted by atomic mass is 10.3. The molecule has 1 amide bonds. The number of hydrogen-bond donors (Lipinski definition) is 2. The minimum atomic E-state index is -0.203. The summed E-state index contributed by atoms with van der Waals surface area (Å²) in [5.74, 6) is 5.44. The van der Waals surface area contributed by atoms with Gasteiger partial charge >= 0.3 is 0 Å². The maximum Gasteiger partial charge on any atom is 0.234 e. The lowest BCUT2D eigenvalue weighted by molar-refractivity contribution is -0.119. The highest BCUT2D eigenvalue weighted by Gasteiger charge is 1.92. The van der Waals surface area contributed by atoms with Crippen molar-refractivity contribution in [3.63, 3.8) is 0 Å². The van der Waals surface area contributed by atoms with Crippen LogP contribution in [0.15, 0.2) is 12.4 Å². The second kappa shape index (κ2) is 5.04. The lowest BCUT2D eigenvalue weighted by Crippen LogP contribution is -2.30. The van der Waals surface area contributed by atoms with Crippen molar-refractivity contribution in [2.45, 2.75) is 0 Å². The largest absolute Gasteiger partial charge is 0.344 e. The Morgan fingerprint density at radius 2 is 2.57 bits per heavy atom. The Kier molecular flexibility index (Phi) is 3.70. The third-order valence-corrected chi connectivity index (χ3v) is 1.50. The summed E-state index contributed by atoms with van der Waals surface area (Å²) in [6, 6.07) is 0. The molecule has 0 unspecified atom stereocenters. The van der Waals surface area contributed by atoms with Gasteiger partial charge in [-0.1, -0.05) is 11.8 Å². The van der Waals surface area contributed by atoms with Crippen molar-refractivity contribution in [2.24, 2.45) is 12.8 Å². The smallest absolute Gasteiger partial charge is 0.234 e. The zero-order valence-electron chi connectivity index (χ0n) is 7.95. The summed E-state index contributed by atoms with van der Waals surface area (Å²) < 4.78 is 1.67. The van der Waals surface area contributed by atoms with Gasteiger partial charge in [-0.15, -0.1) is 0 Å². The van der Waals surface area contributed by atoms with Crippen LogP contribution in [0.1, 0.15) is 5.56 Å². The number of amides is 1. The monoisotopic (exact) mass is 192 g/mol. The van der Waals surface area contributed by atoms with E-state index in [1.807, 2.05) is 7.05 Å². The minimum Gasteiger partial charge on any atom is -0.344 e. The van der Waals surface area contributed by atoms with Crippen LogP contribution in [0.25, 0.3) is 0 Å². The Balaban J connectivity index is 2.38. The van der Waals surface area contributed by atoms with Gasteiger partial charge < -0.3 is 11.1 Å². The Bertz CT molecular complexity index is 372. The van der Waals surface area contributed by atoms with Crippen LogP contribution in [-0.2, 0) is 11.8 Å². The fourth-order valence-corrected chi connectivity index (χ4v) is 0.847. The van der Waals surface area contributed by atoms with Crippen molar-refractivity contribution in [2.75, 3.05) is 13.1 Å². The topological polar surface area (TPSA) is 72.9 Å². The highest BCUT2D eigenvalue weighted by atomic mass is 16.1. The molecule has 0 bridgehead atoms. The average Bonchev–Trinajstić information content (AvgIpc) is 2.58. The molecule has 0 radical (unpaired) electrons. The van der Waals surface area contributed by atoms with E-state index < -0.39 is 0 Å². The summed E-state index contributed by atoms with van der Waals surface area (Å²) in [4.78, 5) is 10.7. The molecule has 0 fully saturated rings. The van der Waals surface area contributed by atoms with Gasteiger partial charge in [-0.25, -0.2) is 0 Å². The number of carbonyl (C=O) groups is 1. The van der Waals surface area contributed by atoms with Gasteiger partial charge in [0.1, 0.15) is 0 Å². The molecule has 1 aromatic heterocycles. The third kappa shape index (κ3) is 3.29. The van der Waals surface area contributed by atoms with E-state index in [0.717, 1.165) is 5.56 Å². The number of nitrogens with zero attached hydrogens (tertiary/aromatic N) is 2. The molecule has 14 heavy (non-hydrogen) atoms. The molecule has 5 heteroatoms. The highest BCUT2D eigenvalue weighted by molar-refractivity contribution is 5.77. The van der Waals surface area contributed by atoms with E-state index in [0.29, 0.717) is 6.54 Å². The Morgan fingerprint density at radius 3 is 3.14 bits per heavy atom. The van der Waals surface area contributed by atoms with Crippen molar-refractivity contribution in [1.29, 1.82) is 0 Å². The van der Waals surface area contributed by atoms with E-state index in [1.165, 1.54) is 0 Å². The number of aryl methyl sites for hydroxylation is 1. The van der Waals surface area contributed by atoms with Crippen LogP contribution in [0.3, 0.4) is 0 Å². The van der Waals surface area contributed by atoms with Crippen LogP contribution in [0.2, 0.25) is 0 Å². The molecule has 0 saturated heterocycles. The van der Waals surface area contributed by atoms with Gasteiger partial charge in [0.05, 0.1) is 24.8 Å². The molecule has 0 aromatic carbocycles. The van der Waals surface area contributed by atoms with E-state index in [2.05, 4.69) is 22.3 Å². The predicted molar refractivity (Wildman–Crippen MR) is 52.2 cm³/mol. The molecular formula is C9H12N4O. The number of nitrogens with one attached hydrogen (secondary N) is 1. The molecule has 0 aliphatic rings. The molecule has 1 rings (SSSR count). The molecule has 1 aromatic rings. The first kappa shape index (κ1) is 10.3. The minimum absolute atomic E-state index is 0.00538. The number of hydrogen-bond acceptors (Lipinski definition) is 3. The average molecular weight is 192 g/mol. The van der Waals surface area contributed by atoms with Crippen molar-refractivity contribution in [1.82, 2.24) is 15.1 Å². The Hall–Kier alpha value is -1.80. The van der Waals surface area contributed by atoms with Crippen LogP contribution in [0, 0.1) is 11.8 Å². The van der Waals surface area contributed by atoms with Crippen LogP contribution in [-0.4, -0.2) is 28.8 Å². The fraction of sp³-hybridized carbons (Fsp3) is 0.333. The zero-order chi connectivity index (χ0) is 10.4. The third-order valence-electron chi connectivity index (χ3n) is 1.50. The second-order valence-electron chi connectivity index (χ2n) is 2.69. The van der Waals surface area contributed by atoms with Gasteiger partial charge in [-0.3, -0.25) is 9.48 Å². The maximum absolute atomic E-state index is 10.7. The summed E-state index contributed by atoms with van der Waals surface area (Å²) in [7, 11) is 1.82. The van der Waals surface area contributed by atoms with E-state index >= 15 is 0 Å². The summed E-state index contributed by atoms with van der Waals surface area (Å²) in [5, 5.41) is 6.50. The van der Waals surface area contributed by atoms with Gasteiger partial charge in [-0.05, 0) is 0 Å². The summed E-state index contributed by atoms with van der Waals surface area (Å²) in [6.45, 7) is 0.305. The molecule has 5 nitrogen and oxygen atoms in total. The SMILES string of the molecule is Cn1cc(C#CCNC(=O)CN)cn1. The van der Waals surface area contributed by atoms with Gasteiger partial charge in [0.15, 0.2) is 0 Å². The first-order chi connectivity index (χ1) is 6.72. The second-order valence-corrected chi connectivity index (χ2v) is 2.69. The molecule has 0 aliphatic carbocycles. The number of rotatable bonds is 2. The summed E-state index contributed by atoms with van der Waals surface area (Å²) in [6.07, 6.45) is 3.47. The van der Waals surface area contributed by atoms with Gasteiger partial charge in [0, 0.05) is 13.2 Å². The van der Waals surface area contributed by atoms with Gasteiger partial charge in [-0.2, -0.15) is 5.10 Å². The van der Waals surface area contributed by atoms with Crippen molar-refractivity contribution >= 4 is 5.91 Å². The summed E-state index contributed by atoms with van der Waals surface area (Å²) >= 11 is 0. The molecule has 0 atom stereocenters. The fourth-order valence-electron chi connectivity index (χ4n) is 0.847. The molecular weight excluding hydrogens is 180 g/mol. The van der Waals surface area contributed by atoms with Crippen LogP contribution in [0.5, 0.6) is 0 Å². The molecule has 3 N–H and O–H groups in total. The first-order valence-electron chi connectivity index (χ1n) is 4.16. The van der Waals surface area contributed by atoms with Crippen LogP contribution in [0.4, 0.5) is 0 Å². The van der Waals surface area contributed by atoms with Crippen LogP contribution < -0.4 is 11.1 Å². The number of aromatic nitrogens is 2. The van der Waals surface area contributed by atoms with E-state index in [-0.39, 0.29) is 12.5 Å². The first-order valence-corrected chi connectivity index (χ1v) is 4.16. The normalized spacial score (nSPS) is 9.00. The van der Waals surface area contributed by atoms with E-state index in [9.17, 15) is 4.79 Å². The zero-order valence-corrected chi connectivity index (χ0v) is 7.95. The van der Waals surface area contributed by atoms with Crippen molar-refractivity contribution in [3.8, 4) is 11.8 Å². The molecule has 74 valence electrons. The lowest BCUT2D eigenvalue weighted by Gasteiger charge is -1.94. The number of nitrogens with two attached hydrogens (primary N) is 1. The Labute approximate surface area is 82.3 Å². The standard InChI is InChI=1S/C9H12N4O/c1-13-7-8(6-12-13)3-2-4-11-9(14)5-10/h6-7H,4-5,10H2,1H3,(H,11,14). The van der Waals surface area contributed by atoms with E-state index in [1.54, 1.807) is 17.1 Å². The van der Waals surface area contributed by atoms with E-state index in [4.69, 9.17) is 5.73 Å². The van der Waals surface area contributed by atoms with Crippen LogP contribution >= 0.6 is 0 Å². The molecule has 0 saturated carbocycles.